The number of hydrogen-bond donors (Lipinski definition) is 0. The highest BCUT2D eigenvalue weighted by Crippen LogP contribution is 2.30. The second-order valence-corrected chi connectivity index (χ2v) is 9.03. The lowest BCUT2D eigenvalue weighted by Crippen LogP contribution is -2.19. The van der Waals surface area contributed by atoms with E-state index in [9.17, 15) is 9.18 Å². The lowest BCUT2D eigenvalue weighted by atomic mass is 9.99. The fourth-order valence-electron chi connectivity index (χ4n) is 2.61. The second kappa shape index (κ2) is 9.34. The van der Waals surface area contributed by atoms with E-state index in [2.05, 4.69) is 25.8 Å². The summed E-state index contributed by atoms with van der Waals surface area (Å²) in [4.78, 5) is 17.0. The van der Waals surface area contributed by atoms with Crippen LogP contribution in [0, 0.1) is 11.2 Å². The molecule has 30 heavy (non-hydrogen) atoms. The van der Waals surface area contributed by atoms with Crippen LogP contribution >= 0.6 is 11.8 Å². The molecular formula is C23H25FN2O3S. The Morgan fingerprint density at radius 3 is 2.43 bits per heavy atom. The number of rotatable bonds is 7. The molecule has 3 rings (SSSR count). The highest BCUT2D eigenvalue weighted by Gasteiger charge is 2.14. The van der Waals surface area contributed by atoms with E-state index in [1.54, 1.807) is 37.4 Å². The van der Waals surface area contributed by atoms with Crippen LogP contribution in [0.25, 0.3) is 5.69 Å². The zero-order valence-corrected chi connectivity index (χ0v) is 18.3. The minimum absolute atomic E-state index is 0.0198. The second-order valence-electron chi connectivity index (χ2n) is 8.04. The van der Waals surface area contributed by atoms with Crippen molar-refractivity contribution in [1.82, 2.24) is 9.55 Å². The van der Waals surface area contributed by atoms with Crippen LogP contribution in [-0.2, 0) is 5.75 Å². The van der Waals surface area contributed by atoms with Crippen LogP contribution in [0.5, 0.6) is 11.5 Å². The first kappa shape index (κ1) is 21.9. The third-order valence-corrected chi connectivity index (χ3v) is 5.17. The quantitative estimate of drug-likeness (QED) is 0.387. The largest absolute Gasteiger partial charge is 0.493 e. The van der Waals surface area contributed by atoms with E-state index in [1.807, 2.05) is 0 Å². The summed E-state index contributed by atoms with van der Waals surface area (Å²) < 4.78 is 25.8. The van der Waals surface area contributed by atoms with Gasteiger partial charge in [0, 0.05) is 17.9 Å². The van der Waals surface area contributed by atoms with Gasteiger partial charge in [-0.25, -0.2) is 9.37 Å². The summed E-state index contributed by atoms with van der Waals surface area (Å²) in [5, 5.41) is 0.609. The Bertz CT molecular complexity index is 1060. The normalized spacial score (nSPS) is 11.4. The number of halogens is 1. The van der Waals surface area contributed by atoms with E-state index in [4.69, 9.17) is 9.47 Å². The lowest BCUT2D eigenvalue weighted by Gasteiger charge is -2.20. The molecule has 0 amide bonds. The van der Waals surface area contributed by atoms with Crippen molar-refractivity contribution in [2.24, 2.45) is 5.41 Å². The number of ether oxygens (including phenoxy) is 2. The van der Waals surface area contributed by atoms with Gasteiger partial charge in [-0.15, -0.1) is 11.8 Å². The summed E-state index contributed by atoms with van der Waals surface area (Å²) in [5.41, 5.74) is 1.42. The van der Waals surface area contributed by atoms with Crippen molar-refractivity contribution in [1.29, 1.82) is 0 Å². The molecule has 0 bridgehead atoms. The standard InChI is InChI=1S/C23H25FN2O3S/c1-23(2,3)14-29-19-10-9-18(11-20(19)28-4)26-15-25-21(12-22(26)27)30-13-16-5-7-17(24)8-6-16/h5-12,15H,13-14H2,1-4H3. The van der Waals surface area contributed by atoms with Crippen molar-refractivity contribution in [2.45, 2.75) is 31.6 Å². The van der Waals surface area contributed by atoms with E-state index in [0.29, 0.717) is 34.6 Å². The molecular weight excluding hydrogens is 403 g/mol. The smallest absolute Gasteiger partial charge is 0.258 e. The van der Waals surface area contributed by atoms with Crippen LogP contribution < -0.4 is 15.0 Å². The van der Waals surface area contributed by atoms with E-state index >= 15 is 0 Å². The molecule has 0 aliphatic carbocycles. The number of methoxy groups -OCH3 is 1. The van der Waals surface area contributed by atoms with Gasteiger partial charge in [-0.3, -0.25) is 9.36 Å². The van der Waals surface area contributed by atoms with Crippen LogP contribution in [0.2, 0.25) is 0 Å². The first-order chi connectivity index (χ1) is 14.2. The molecule has 7 heteroatoms. The van der Waals surface area contributed by atoms with Crippen molar-refractivity contribution >= 4 is 11.8 Å². The van der Waals surface area contributed by atoms with E-state index < -0.39 is 0 Å². The maximum Gasteiger partial charge on any atom is 0.258 e. The van der Waals surface area contributed by atoms with Crippen molar-refractivity contribution in [3.05, 3.63) is 76.6 Å². The molecule has 3 aromatic rings. The number of nitrogens with zero attached hydrogens (tertiary/aromatic N) is 2. The van der Waals surface area contributed by atoms with Crippen molar-refractivity contribution in [3.63, 3.8) is 0 Å². The van der Waals surface area contributed by atoms with Crippen LogP contribution in [0.1, 0.15) is 26.3 Å². The summed E-state index contributed by atoms with van der Waals surface area (Å²) in [6.07, 6.45) is 1.50. The van der Waals surface area contributed by atoms with Gasteiger partial charge in [0.25, 0.3) is 5.56 Å². The Kier molecular flexibility index (Phi) is 6.82. The Labute approximate surface area is 179 Å². The van der Waals surface area contributed by atoms with Gasteiger partial charge < -0.3 is 9.47 Å². The molecule has 0 unspecified atom stereocenters. The van der Waals surface area contributed by atoms with Crippen LogP contribution in [-0.4, -0.2) is 23.3 Å². The number of aromatic nitrogens is 2. The maximum atomic E-state index is 13.0. The van der Waals surface area contributed by atoms with Gasteiger partial charge in [-0.1, -0.05) is 32.9 Å². The average molecular weight is 429 g/mol. The van der Waals surface area contributed by atoms with Gasteiger partial charge in [0.15, 0.2) is 11.5 Å². The summed E-state index contributed by atoms with van der Waals surface area (Å²) in [6, 6.07) is 13.1. The minimum atomic E-state index is -0.269. The molecule has 0 fully saturated rings. The van der Waals surface area contributed by atoms with Gasteiger partial charge in [0.2, 0.25) is 0 Å². The predicted molar refractivity (Wildman–Crippen MR) is 117 cm³/mol. The van der Waals surface area contributed by atoms with Gasteiger partial charge in [-0.05, 0) is 35.2 Å². The zero-order chi connectivity index (χ0) is 21.7. The molecule has 2 aromatic carbocycles. The van der Waals surface area contributed by atoms with E-state index in [-0.39, 0.29) is 16.8 Å². The Balaban J connectivity index is 1.75. The number of benzene rings is 2. The molecule has 0 N–H and O–H groups in total. The number of thioether (sulfide) groups is 1. The van der Waals surface area contributed by atoms with Crippen molar-refractivity contribution in [2.75, 3.05) is 13.7 Å². The van der Waals surface area contributed by atoms with Crippen LogP contribution in [0.15, 0.2) is 64.7 Å². The molecule has 0 atom stereocenters. The molecule has 158 valence electrons. The molecule has 1 heterocycles. The summed E-state index contributed by atoms with van der Waals surface area (Å²) >= 11 is 1.42. The summed E-state index contributed by atoms with van der Waals surface area (Å²) in [6.45, 7) is 6.82. The molecule has 1 aromatic heterocycles. The van der Waals surface area contributed by atoms with Gasteiger partial charge >= 0.3 is 0 Å². The van der Waals surface area contributed by atoms with Gasteiger partial charge in [0.05, 0.1) is 19.4 Å². The van der Waals surface area contributed by atoms with Gasteiger partial charge in [0.1, 0.15) is 17.2 Å². The monoisotopic (exact) mass is 428 g/mol. The fourth-order valence-corrected chi connectivity index (χ4v) is 3.43. The highest BCUT2D eigenvalue weighted by molar-refractivity contribution is 7.98. The SMILES string of the molecule is COc1cc(-n2cnc(SCc3ccc(F)cc3)cc2=O)ccc1OCC(C)(C)C. The van der Waals surface area contributed by atoms with Crippen LogP contribution in [0.3, 0.4) is 0 Å². The molecule has 0 aliphatic rings. The Hall–Kier alpha value is -2.80. The number of hydrogen-bond acceptors (Lipinski definition) is 5. The predicted octanol–water partition coefficient (Wildman–Crippen LogP) is 5.10. The van der Waals surface area contributed by atoms with Crippen molar-refractivity contribution in [3.8, 4) is 17.2 Å². The third kappa shape index (κ3) is 5.86. The molecule has 0 radical (unpaired) electrons. The molecule has 5 nitrogen and oxygen atoms in total. The van der Waals surface area contributed by atoms with Crippen LogP contribution in [0.4, 0.5) is 4.39 Å². The first-order valence-electron chi connectivity index (χ1n) is 9.52. The average Bonchev–Trinajstić information content (AvgIpc) is 2.71. The van der Waals surface area contributed by atoms with Crippen molar-refractivity contribution < 1.29 is 13.9 Å². The maximum absolute atomic E-state index is 13.0. The van der Waals surface area contributed by atoms with Gasteiger partial charge in [-0.2, -0.15) is 0 Å². The van der Waals surface area contributed by atoms with E-state index in [0.717, 1.165) is 5.56 Å². The molecule has 0 saturated heterocycles. The molecule has 0 aliphatic heterocycles. The highest BCUT2D eigenvalue weighted by atomic mass is 32.2. The summed E-state index contributed by atoms with van der Waals surface area (Å²) in [7, 11) is 1.57. The third-order valence-electron chi connectivity index (χ3n) is 4.17. The fraction of sp³-hybridized carbons (Fsp3) is 0.304. The first-order valence-corrected chi connectivity index (χ1v) is 10.5. The Morgan fingerprint density at radius 2 is 1.80 bits per heavy atom. The Morgan fingerprint density at radius 1 is 1.07 bits per heavy atom. The molecule has 0 spiro atoms. The topological polar surface area (TPSA) is 53.4 Å². The molecule has 0 saturated carbocycles. The van der Waals surface area contributed by atoms with E-state index in [1.165, 1.54) is 40.9 Å². The summed E-state index contributed by atoms with van der Waals surface area (Å²) in [5.74, 6) is 1.52. The lowest BCUT2D eigenvalue weighted by molar-refractivity contribution is 0.191. The zero-order valence-electron chi connectivity index (χ0n) is 17.5. The minimum Gasteiger partial charge on any atom is -0.493 e.